The third-order valence-electron chi connectivity index (χ3n) is 1.44. The smallest absolute Gasteiger partial charge is 0.241 e. The second-order valence-corrected chi connectivity index (χ2v) is 2.75. The minimum Gasteiger partial charge on any atom is -0.366 e. The van der Waals surface area contributed by atoms with Crippen molar-refractivity contribution >= 4 is 17.9 Å². The zero-order valence-corrected chi connectivity index (χ0v) is 8.80. The van der Waals surface area contributed by atoms with Gasteiger partial charge in [0.15, 0.2) is 0 Å². The van der Waals surface area contributed by atoms with Gasteiger partial charge in [-0.2, -0.15) is 0 Å². The number of amides is 2. The van der Waals surface area contributed by atoms with Crippen LogP contribution in [0, 0.1) is 0 Å². The molecule has 0 aliphatic rings. The van der Waals surface area contributed by atoms with Gasteiger partial charge in [0.1, 0.15) is 0 Å². The van der Waals surface area contributed by atoms with E-state index in [-0.39, 0.29) is 0 Å². The van der Waals surface area contributed by atoms with Crippen molar-refractivity contribution in [2.75, 3.05) is 0 Å². The summed E-state index contributed by atoms with van der Waals surface area (Å²) in [6.07, 6.45) is 4.08. The van der Waals surface area contributed by atoms with Crippen molar-refractivity contribution in [3.63, 3.8) is 0 Å². The number of carbonyl (C=O) groups excluding carboxylic acids is 2. The first-order chi connectivity index (χ1) is 7.56. The van der Waals surface area contributed by atoms with Gasteiger partial charge in [-0.05, 0) is 17.7 Å². The monoisotopic (exact) mass is 218 g/mol. The van der Waals surface area contributed by atoms with Crippen LogP contribution in [0.5, 0.6) is 0 Å². The van der Waals surface area contributed by atoms with Crippen molar-refractivity contribution in [3.05, 3.63) is 54.6 Å². The van der Waals surface area contributed by atoms with Crippen LogP contribution in [0.2, 0.25) is 0 Å². The minimum atomic E-state index is -0.481. The lowest BCUT2D eigenvalue weighted by atomic mass is 10.2. The molecule has 1 rings (SSSR count). The maximum Gasteiger partial charge on any atom is 0.241 e. The Balaban J connectivity index is 0.000000385. The summed E-state index contributed by atoms with van der Waals surface area (Å²) < 4.78 is 0. The molecule has 1 aromatic carbocycles. The Morgan fingerprint density at radius 1 is 1.06 bits per heavy atom. The fraction of sp³-hybridized carbons (Fsp3) is 0. The van der Waals surface area contributed by atoms with Gasteiger partial charge in [-0.25, -0.2) is 0 Å². The molecule has 4 N–H and O–H groups in total. The lowest BCUT2D eigenvalue weighted by Gasteiger charge is -1.88. The van der Waals surface area contributed by atoms with Crippen LogP contribution in [0.15, 0.2) is 49.1 Å². The van der Waals surface area contributed by atoms with Crippen molar-refractivity contribution < 1.29 is 9.59 Å². The van der Waals surface area contributed by atoms with Crippen LogP contribution in [0.4, 0.5) is 0 Å². The van der Waals surface area contributed by atoms with E-state index in [1.54, 1.807) is 6.08 Å². The Kier molecular flexibility index (Phi) is 6.81. The number of hydrogen-bond acceptors (Lipinski definition) is 2. The molecule has 2 amide bonds. The fourth-order valence-electron chi connectivity index (χ4n) is 0.743. The van der Waals surface area contributed by atoms with Gasteiger partial charge in [0.05, 0.1) is 0 Å². The molecule has 0 bridgehead atoms. The number of carbonyl (C=O) groups is 2. The predicted octanol–water partition coefficient (Wildman–Crippen LogP) is 0.843. The molecule has 16 heavy (non-hydrogen) atoms. The van der Waals surface area contributed by atoms with Crippen LogP contribution < -0.4 is 11.5 Å². The van der Waals surface area contributed by atoms with Gasteiger partial charge in [0.2, 0.25) is 11.8 Å². The first-order valence-electron chi connectivity index (χ1n) is 4.50. The largest absolute Gasteiger partial charge is 0.366 e. The average molecular weight is 218 g/mol. The third kappa shape index (κ3) is 8.25. The van der Waals surface area contributed by atoms with E-state index >= 15 is 0 Å². The second kappa shape index (κ2) is 7.99. The highest BCUT2D eigenvalue weighted by Gasteiger charge is 1.84. The first-order valence-corrected chi connectivity index (χ1v) is 4.50. The molecule has 4 nitrogen and oxygen atoms in total. The van der Waals surface area contributed by atoms with E-state index in [9.17, 15) is 9.59 Å². The molecular weight excluding hydrogens is 204 g/mol. The Morgan fingerprint density at radius 2 is 1.56 bits per heavy atom. The van der Waals surface area contributed by atoms with Crippen LogP contribution in [-0.2, 0) is 9.59 Å². The standard InChI is InChI=1S/C9H9NO.C3H5NO/c10-9(11)7-6-8-4-2-1-3-5-8;1-2-3(4)5/h1-7H,(H2,10,11);2H,1H2,(H2,4,5). The molecule has 4 heteroatoms. The van der Waals surface area contributed by atoms with Crippen molar-refractivity contribution in [2.45, 2.75) is 0 Å². The van der Waals surface area contributed by atoms with E-state index in [0.717, 1.165) is 11.6 Å². The van der Waals surface area contributed by atoms with Crippen molar-refractivity contribution in [2.24, 2.45) is 11.5 Å². The maximum absolute atomic E-state index is 10.3. The number of benzene rings is 1. The van der Waals surface area contributed by atoms with E-state index in [2.05, 4.69) is 12.3 Å². The number of primary amides is 2. The van der Waals surface area contributed by atoms with E-state index in [0.29, 0.717) is 0 Å². The van der Waals surface area contributed by atoms with Crippen LogP contribution in [0.1, 0.15) is 5.56 Å². The Bertz CT molecular complexity index is 383. The molecule has 0 saturated carbocycles. The number of nitrogens with two attached hydrogens (primary N) is 2. The molecule has 1 aromatic rings. The summed E-state index contributed by atoms with van der Waals surface area (Å²) in [5.74, 6) is -0.904. The van der Waals surface area contributed by atoms with E-state index in [1.165, 1.54) is 6.08 Å². The summed E-state index contributed by atoms with van der Waals surface area (Å²) in [6, 6.07) is 9.53. The summed E-state index contributed by atoms with van der Waals surface area (Å²) in [6.45, 7) is 3.09. The van der Waals surface area contributed by atoms with Crippen LogP contribution in [0.25, 0.3) is 6.08 Å². The van der Waals surface area contributed by atoms with E-state index in [4.69, 9.17) is 5.73 Å². The van der Waals surface area contributed by atoms with Gasteiger partial charge in [-0.1, -0.05) is 36.9 Å². The lowest BCUT2D eigenvalue weighted by molar-refractivity contribution is -0.114. The van der Waals surface area contributed by atoms with Gasteiger partial charge < -0.3 is 11.5 Å². The minimum absolute atomic E-state index is 0.422. The molecule has 0 aliphatic carbocycles. The number of rotatable bonds is 3. The van der Waals surface area contributed by atoms with Crippen molar-refractivity contribution in [1.29, 1.82) is 0 Å². The Hall–Kier alpha value is -2.36. The van der Waals surface area contributed by atoms with E-state index in [1.807, 2.05) is 30.3 Å². The molecule has 0 fully saturated rings. The van der Waals surface area contributed by atoms with Crippen molar-refractivity contribution in [3.8, 4) is 0 Å². The molecule has 84 valence electrons. The average Bonchev–Trinajstić information content (AvgIpc) is 2.28. The zero-order valence-electron chi connectivity index (χ0n) is 8.80. The fourth-order valence-corrected chi connectivity index (χ4v) is 0.743. The highest BCUT2D eigenvalue weighted by Crippen LogP contribution is 1.99. The van der Waals surface area contributed by atoms with Gasteiger partial charge in [-0.3, -0.25) is 9.59 Å². The SMILES string of the molecule is C=CC(N)=O.NC(=O)C=Cc1ccccc1. The van der Waals surface area contributed by atoms with Gasteiger partial charge >= 0.3 is 0 Å². The number of hydrogen-bond donors (Lipinski definition) is 2. The second-order valence-electron chi connectivity index (χ2n) is 2.75. The van der Waals surface area contributed by atoms with Crippen LogP contribution in [0.3, 0.4) is 0 Å². The van der Waals surface area contributed by atoms with Crippen molar-refractivity contribution in [1.82, 2.24) is 0 Å². The Labute approximate surface area is 94.3 Å². The zero-order chi connectivity index (χ0) is 12.4. The molecule has 0 spiro atoms. The lowest BCUT2D eigenvalue weighted by Crippen LogP contribution is -2.04. The topological polar surface area (TPSA) is 86.2 Å². The first kappa shape index (κ1) is 13.6. The summed E-state index contributed by atoms with van der Waals surface area (Å²) in [4.78, 5) is 19.8. The maximum atomic E-state index is 10.3. The molecule has 0 unspecified atom stereocenters. The third-order valence-corrected chi connectivity index (χ3v) is 1.44. The molecule has 0 heterocycles. The summed E-state index contributed by atoms with van der Waals surface area (Å²) >= 11 is 0. The highest BCUT2D eigenvalue weighted by atomic mass is 16.1. The van der Waals surface area contributed by atoms with Gasteiger partial charge in [-0.15, -0.1) is 0 Å². The summed E-state index contributed by atoms with van der Waals surface area (Å²) in [7, 11) is 0. The van der Waals surface area contributed by atoms with Crippen LogP contribution >= 0.6 is 0 Å². The summed E-state index contributed by atoms with van der Waals surface area (Å²) in [5, 5.41) is 0. The highest BCUT2D eigenvalue weighted by molar-refractivity contribution is 5.90. The molecule has 0 aromatic heterocycles. The predicted molar refractivity (Wildman–Crippen MR) is 64.1 cm³/mol. The molecule has 0 radical (unpaired) electrons. The summed E-state index contributed by atoms with van der Waals surface area (Å²) in [5.41, 5.74) is 10.4. The quantitative estimate of drug-likeness (QED) is 0.736. The normalized spacial score (nSPS) is 9.00. The van der Waals surface area contributed by atoms with Gasteiger partial charge in [0.25, 0.3) is 0 Å². The Morgan fingerprint density at radius 3 is 1.94 bits per heavy atom. The molecular formula is C12H14N2O2. The van der Waals surface area contributed by atoms with Crippen LogP contribution in [-0.4, -0.2) is 11.8 Å². The molecule has 0 aliphatic heterocycles. The van der Waals surface area contributed by atoms with Gasteiger partial charge in [0, 0.05) is 6.08 Å². The molecule has 0 saturated heterocycles. The van der Waals surface area contributed by atoms with E-state index < -0.39 is 11.8 Å². The molecule has 0 atom stereocenters.